The lowest BCUT2D eigenvalue weighted by molar-refractivity contribution is -0.117. The second kappa shape index (κ2) is 8.29. The van der Waals surface area contributed by atoms with Crippen molar-refractivity contribution in [3.05, 3.63) is 47.0 Å². The number of nitrogens with zero attached hydrogens (tertiary/aromatic N) is 1. The number of hydrogen-bond acceptors (Lipinski definition) is 5. The van der Waals surface area contributed by atoms with E-state index in [4.69, 9.17) is 25.8 Å². The molecule has 4 rings (SSSR count). The molecule has 0 aromatic heterocycles. The summed E-state index contributed by atoms with van der Waals surface area (Å²) >= 11 is 6.19. The summed E-state index contributed by atoms with van der Waals surface area (Å²) in [5, 5.41) is 3.63. The number of carbonyl (C=O) groups is 1. The van der Waals surface area contributed by atoms with Crippen molar-refractivity contribution < 1.29 is 19.0 Å². The zero-order valence-corrected chi connectivity index (χ0v) is 16.5. The average molecular weight is 403 g/mol. The molecule has 1 atom stereocenters. The topological polar surface area (TPSA) is 60.0 Å². The molecular formula is C21H23ClN2O4. The fraction of sp³-hybridized carbons (Fsp3) is 0.381. The molecule has 7 heteroatoms. The van der Waals surface area contributed by atoms with Crippen LogP contribution < -0.4 is 19.7 Å². The molecule has 2 aromatic carbocycles. The number of carbonyl (C=O) groups excluding carboxylic acids is 1. The molecule has 28 heavy (non-hydrogen) atoms. The summed E-state index contributed by atoms with van der Waals surface area (Å²) in [6.07, 6.45) is 0. The number of rotatable bonds is 4. The molecule has 2 heterocycles. The number of anilines is 2. The van der Waals surface area contributed by atoms with E-state index in [1.165, 1.54) is 0 Å². The summed E-state index contributed by atoms with van der Waals surface area (Å²) in [4.78, 5) is 15.2. The number of nitrogens with one attached hydrogen (secondary N) is 1. The highest BCUT2D eigenvalue weighted by Gasteiger charge is 2.22. The Balaban J connectivity index is 1.53. The van der Waals surface area contributed by atoms with E-state index in [2.05, 4.69) is 10.2 Å². The van der Waals surface area contributed by atoms with Gasteiger partial charge in [0.25, 0.3) is 0 Å². The Morgan fingerprint density at radius 3 is 2.57 bits per heavy atom. The molecule has 2 aliphatic heterocycles. The van der Waals surface area contributed by atoms with E-state index in [1.54, 1.807) is 6.07 Å². The third kappa shape index (κ3) is 4.03. The maximum atomic E-state index is 13.0. The van der Waals surface area contributed by atoms with Crippen molar-refractivity contribution in [1.29, 1.82) is 0 Å². The van der Waals surface area contributed by atoms with E-state index >= 15 is 0 Å². The Morgan fingerprint density at radius 1 is 1.04 bits per heavy atom. The molecule has 1 amide bonds. The number of benzene rings is 2. The van der Waals surface area contributed by atoms with Crippen molar-refractivity contribution in [3.63, 3.8) is 0 Å². The van der Waals surface area contributed by atoms with Gasteiger partial charge in [-0.05, 0) is 42.8 Å². The Labute approximate surface area is 169 Å². The number of fused-ring (bicyclic) bond motifs is 1. The summed E-state index contributed by atoms with van der Waals surface area (Å²) < 4.78 is 16.6. The van der Waals surface area contributed by atoms with Crippen LogP contribution in [0.15, 0.2) is 36.4 Å². The predicted molar refractivity (Wildman–Crippen MR) is 109 cm³/mol. The van der Waals surface area contributed by atoms with Crippen molar-refractivity contribution in [2.45, 2.75) is 12.8 Å². The van der Waals surface area contributed by atoms with E-state index < -0.39 is 0 Å². The largest absolute Gasteiger partial charge is 0.486 e. The second-order valence-electron chi connectivity index (χ2n) is 6.87. The molecule has 0 bridgehead atoms. The third-order valence-corrected chi connectivity index (χ3v) is 5.26. The lowest BCUT2D eigenvalue weighted by atomic mass is 9.99. The predicted octanol–water partition coefficient (Wildman–Crippen LogP) is 3.69. The van der Waals surface area contributed by atoms with Crippen LogP contribution in [0.3, 0.4) is 0 Å². The summed E-state index contributed by atoms with van der Waals surface area (Å²) in [5.74, 6) is 0.938. The summed E-state index contributed by atoms with van der Waals surface area (Å²) in [7, 11) is 0. The number of ether oxygens (including phenoxy) is 3. The monoisotopic (exact) mass is 402 g/mol. The Morgan fingerprint density at radius 2 is 1.79 bits per heavy atom. The van der Waals surface area contributed by atoms with E-state index in [0.717, 1.165) is 24.3 Å². The smallest absolute Gasteiger partial charge is 0.231 e. The SMILES string of the molecule is CC(C(=O)Nc1cc(Cl)ccc1N1CCOCC1)c1ccc2c(c1)OCCO2. The van der Waals surface area contributed by atoms with Gasteiger partial charge in [-0.15, -0.1) is 0 Å². The molecular weight excluding hydrogens is 380 g/mol. The van der Waals surface area contributed by atoms with Gasteiger partial charge in [0.1, 0.15) is 13.2 Å². The molecule has 2 aliphatic rings. The number of morpholine rings is 1. The van der Waals surface area contributed by atoms with Crippen molar-refractivity contribution in [1.82, 2.24) is 0 Å². The zero-order valence-electron chi connectivity index (χ0n) is 15.7. The fourth-order valence-electron chi connectivity index (χ4n) is 3.41. The van der Waals surface area contributed by atoms with Crippen LogP contribution in [0.1, 0.15) is 18.4 Å². The van der Waals surface area contributed by atoms with Crippen LogP contribution in [0.25, 0.3) is 0 Å². The zero-order chi connectivity index (χ0) is 19.5. The molecule has 148 valence electrons. The minimum atomic E-state index is -0.354. The van der Waals surface area contributed by atoms with Crippen LogP contribution in [0.2, 0.25) is 5.02 Å². The minimum absolute atomic E-state index is 0.103. The van der Waals surface area contributed by atoms with Crippen LogP contribution in [-0.4, -0.2) is 45.4 Å². The fourth-order valence-corrected chi connectivity index (χ4v) is 3.58. The van der Waals surface area contributed by atoms with Gasteiger partial charge in [-0.1, -0.05) is 17.7 Å². The summed E-state index contributed by atoms with van der Waals surface area (Å²) in [6.45, 7) is 5.83. The van der Waals surface area contributed by atoms with Crippen LogP contribution in [-0.2, 0) is 9.53 Å². The van der Waals surface area contributed by atoms with Gasteiger partial charge >= 0.3 is 0 Å². The van der Waals surface area contributed by atoms with Crippen molar-refractivity contribution >= 4 is 28.9 Å². The average Bonchev–Trinajstić information content (AvgIpc) is 2.73. The van der Waals surface area contributed by atoms with Crippen molar-refractivity contribution in [3.8, 4) is 11.5 Å². The molecule has 0 radical (unpaired) electrons. The summed E-state index contributed by atoms with van der Waals surface area (Å²) in [6, 6.07) is 11.2. The van der Waals surface area contributed by atoms with Gasteiger partial charge in [0.05, 0.1) is 30.5 Å². The van der Waals surface area contributed by atoms with Gasteiger partial charge in [0, 0.05) is 18.1 Å². The van der Waals surface area contributed by atoms with Gasteiger partial charge < -0.3 is 24.4 Å². The first-order valence-electron chi connectivity index (χ1n) is 9.44. The third-order valence-electron chi connectivity index (χ3n) is 5.03. The molecule has 1 saturated heterocycles. The van der Waals surface area contributed by atoms with Crippen LogP contribution >= 0.6 is 11.6 Å². The normalized spacial score (nSPS) is 17.1. The van der Waals surface area contributed by atoms with Crippen LogP contribution in [0, 0.1) is 0 Å². The maximum Gasteiger partial charge on any atom is 0.231 e. The van der Waals surface area contributed by atoms with Crippen molar-refractivity contribution in [2.75, 3.05) is 49.7 Å². The molecule has 6 nitrogen and oxygen atoms in total. The van der Waals surface area contributed by atoms with Gasteiger partial charge in [-0.25, -0.2) is 0 Å². The maximum absolute atomic E-state index is 13.0. The molecule has 1 N–H and O–H groups in total. The highest BCUT2D eigenvalue weighted by molar-refractivity contribution is 6.31. The highest BCUT2D eigenvalue weighted by Crippen LogP contribution is 2.34. The summed E-state index contributed by atoms with van der Waals surface area (Å²) in [5.41, 5.74) is 2.54. The van der Waals surface area contributed by atoms with E-state index in [9.17, 15) is 4.79 Å². The molecule has 1 unspecified atom stereocenters. The molecule has 0 spiro atoms. The Bertz CT molecular complexity index is 867. The standard InChI is InChI=1S/C21H23ClN2O4/c1-14(15-2-5-19-20(12-15)28-11-10-27-19)21(25)23-17-13-16(22)3-4-18(17)24-6-8-26-9-7-24/h2-5,12-14H,6-11H2,1H3,(H,23,25). The molecule has 1 fully saturated rings. The first kappa shape index (κ1) is 18.9. The lowest BCUT2D eigenvalue weighted by Crippen LogP contribution is -2.36. The van der Waals surface area contributed by atoms with Crippen molar-refractivity contribution in [2.24, 2.45) is 0 Å². The molecule has 2 aromatic rings. The van der Waals surface area contributed by atoms with Gasteiger partial charge in [-0.3, -0.25) is 4.79 Å². The minimum Gasteiger partial charge on any atom is -0.486 e. The number of amides is 1. The lowest BCUT2D eigenvalue weighted by Gasteiger charge is -2.31. The van der Waals surface area contributed by atoms with E-state index in [0.29, 0.717) is 48.6 Å². The molecule has 0 aliphatic carbocycles. The quantitative estimate of drug-likeness (QED) is 0.845. The van der Waals surface area contributed by atoms with Gasteiger partial charge in [-0.2, -0.15) is 0 Å². The van der Waals surface area contributed by atoms with Gasteiger partial charge in [0.15, 0.2) is 11.5 Å². The van der Waals surface area contributed by atoms with Crippen LogP contribution in [0.5, 0.6) is 11.5 Å². The first-order valence-corrected chi connectivity index (χ1v) is 9.82. The van der Waals surface area contributed by atoms with Gasteiger partial charge in [0.2, 0.25) is 5.91 Å². The molecule has 0 saturated carbocycles. The highest BCUT2D eigenvalue weighted by atomic mass is 35.5. The first-order chi connectivity index (χ1) is 13.6. The number of halogens is 1. The van der Waals surface area contributed by atoms with Crippen LogP contribution in [0.4, 0.5) is 11.4 Å². The second-order valence-corrected chi connectivity index (χ2v) is 7.31. The number of hydrogen-bond donors (Lipinski definition) is 1. The van der Waals surface area contributed by atoms with E-state index in [1.807, 2.05) is 37.3 Å². The van der Waals surface area contributed by atoms with E-state index in [-0.39, 0.29) is 11.8 Å². The Kier molecular flexibility index (Phi) is 5.59. The Hall–Kier alpha value is -2.44.